The number of carbonyl (C=O) groups is 3. The molecule has 3 aliphatic heterocycles. The molecule has 3 aromatic rings. The second-order valence-corrected chi connectivity index (χ2v) is 15.0. The van der Waals surface area contributed by atoms with Crippen molar-refractivity contribution in [2.24, 2.45) is 0 Å². The van der Waals surface area contributed by atoms with E-state index in [0.29, 0.717) is 42.4 Å². The molecule has 1 aromatic carbocycles. The van der Waals surface area contributed by atoms with Crippen LogP contribution in [0.3, 0.4) is 0 Å². The van der Waals surface area contributed by atoms with Crippen molar-refractivity contribution in [2.75, 3.05) is 13.1 Å². The minimum Gasteiger partial charge on any atom is -0.383 e. The topological polar surface area (TPSA) is 180 Å². The van der Waals surface area contributed by atoms with Crippen LogP contribution < -0.4 is 10.9 Å². The van der Waals surface area contributed by atoms with Gasteiger partial charge < -0.3 is 35.0 Å². The number of nitrogens with one attached hydrogen (secondary N) is 2. The minimum absolute atomic E-state index is 0.0214. The third-order valence-electron chi connectivity index (χ3n) is 9.25. The zero-order valence-electron chi connectivity index (χ0n) is 24.5. The first-order valence-corrected chi connectivity index (χ1v) is 17.4. The molecule has 12 nitrogen and oxygen atoms in total. The number of amides is 3. The number of aromatic nitrogens is 1. The smallest absolute Gasteiger partial charge is 0.383 e. The number of likely N-dealkylation sites (tertiary alicyclic amines) is 1. The normalized spacial score (nSPS) is 25.8. The predicted molar refractivity (Wildman–Crippen MR) is 163 cm³/mol. The molecule has 0 spiro atoms. The fourth-order valence-corrected chi connectivity index (χ4v) is 8.23. The number of fused-ring (bicyclic) bond motifs is 2. The van der Waals surface area contributed by atoms with Crippen molar-refractivity contribution in [1.29, 1.82) is 0 Å². The van der Waals surface area contributed by atoms with Gasteiger partial charge >= 0.3 is 13.3 Å². The van der Waals surface area contributed by atoms with E-state index >= 15 is 0 Å². The lowest BCUT2D eigenvalue weighted by Crippen LogP contribution is -2.56. The number of nitrogens with zero attached hydrogens (tertiary/aromatic N) is 2. The zero-order chi connectivity index (χ0) is 33.0. The van der Waals surface area contributed by atoms with Crippen molar-refractivity contribution in [3.05, 3.63) is 69.0 Å². The number of β-amino-alcohol motifs (C(OH)–C–C–N with tert-alkyl or cyclic N) is 1. The third kappa shape index (κ3) is 5.90. The van der Waals surface area contributed by atoms with E-state index < -0.39 is 42.4 Å². The molecule has 5 heterocycles. The molecule has 16 heteroatoms. The van der Waals surface area contributed by atoms with E-state index in [1.54, 1.807) is 11.0 Å². The summed E-state index contributed by atoms with van der Waals surface area (Å²) >= 11 is 0.990. The van der Waals surface area contributed by atoms with Crippen LogP contribution in [0, 0.1) is 0 Å². The van der Waals surface area contributed by atoms with E-state index in [9.17, 15) is 37.6 Å². The van der Waals surface area contributed by atoms with Crippen molar-refractivity contribution >= 4 is 46.7 Å². The molecule has 3 amide bonds. The first kappa shape index (κ1) is 32.5. The number of aliphatic hydroxyl groups is 1. The Kier molecular flexibility index (Phi) is 8.43. The molecule has 0 saturated carbocycles. The molecule has 0 radical (unpaired) electrons. The van der Waals surface area contributed by atoms with E-state index in [1.807, 2.05) is 0 Å². The van der Waals surface area contributed by atoms with Gasteiger partial charge in [-0.25, -0.2) is 0 Å². The molecule has 3 saturated heterocycles. The predicted octanol–water partition coefficient (Wildman–Crippen LogP) is 2.97. The number of rotatable bonds is 6. The van der Waals surface area contributed by atoms with Gasteiger partial charge in [-0.1, -0.05) is 18.9 Å². The minimum atomic E-state index is -5.77. The maximum atomic E-state index is 14.3. The lowest BCUT2D eigenvalue weighted by Gasteiger charge is -2.36. The van der Waals surface area contributed by atoms with Crippen LogP contribution in [-0.2, 0) is 25.4 Å². The van der Waals surface area contributed by atoms with Gasteiger partial charge in [0, 0.05) is 35.1 Å². The summed E-state index contributed by atoms with van der Waals surface area (Å²) < 4.78 is 40.3. The number of H-pyrrole nitrogens is 1. The first-order valence-electron chi connectivity index (χ1n) is 15.0. The average Bonchev–Trinajstić information content (AvgIpc) is 3.73. The Balaban J connectivity index is 1.18. The highest BCUT2D eigenvalue weighted by atomic mass is 32.1. The van der Waals surface area contributed by atoms with Crippen LogP contribution in [0.1, 0.15) is 65.7 Å². The van der Waals surface area contributed by atoms with Gasteiger partial charge in [0.25, 0.3) is 5.91 Å². The molecule has 46 heavy (non-hydrogen) atoms. The number of thiophene rings is 1. The standard InChI is InChI=1S/C30H33F2N4O8PS/c31-30(32,45(42,43)44)19-5-8-23-17(13-19)14-24(46-23)26(38)34-21-4-2-1-3-20-6-7-22(36(20)27(21)39)28(40)35-12-10-29(41,16-35)18-9-11-33-25(37)15-18/h5,8-9,11,13-15,20-22,41H,1-4,6-7,10,12,16H2,(H,33,37)(H,34,38)(H2,42,43,44)/t20-,21-,22-,29?/m0/s1. The Morgan fingerprint density at radius 2 is 1.83 bits per heavy atom. The third-order valence-corrected chi connectivity index (χ3v) is 11.4. The van der Waals surface area contributed by atoms with Crippen LogP contribution in [0.4, 0.5) is 8.78 Å². The molecule has 2 aromatic heterocycles. The summed E-state index contributed by atoms with van der Waals surface area (Å²) in [7, 11) is -5.77. The molecule has 1 unspecified atom stereocenters. The maximum absolute atomic E-state index is 14.3. The Morgan fingerprint density at radius 1 is 1.07 bits per heavy atom. The largest absolute Gasteiger partial charge is 0.399 e. The van der Waals surface area contributed by atoms with E-state index in [-0.39, 0.29) is 53.2 Å². The van der Waals surface area contributed by atoms with Crippen LogP contribution in [0.2, 0.25) is 0 Å². The molecule has 246 valence electrons. The number of halogens is 2. The molecule has 6 rings (SSSR count). The highest BCUT2D eigenvalue weighted by Crippen LogP contribution is 2.59. The molecule has 4 atom stereocenters. The monoisotopic (exact) mass is 678 g/mol. The Morgan fingerprint density at radius 3 is 2.57 bits per heavy atom. The SMILES string of the molecule is O=C(N[C@H]1CCCC[C@H]2CC[C@@H](C(=O)N3CCC(O)(c4cc[nH]c(=O)c4)C3)N2C1=O)c1cc2cc(C(F)(F)P(=O)(O)O)ccc2s1. The number of hydrogen-bond donors (Lipinski definition) is 5. The van der Waals surface area contributed by atoms with Crippen molar-refractivity contribution < 1.29 is 42.6 Å². The molecular weight excluding hydrogens is 645 g/mol. The lowest BCUT2D eigenvalue weighted by molar-refractivity contribution is -0.147. The van der Waals surface area contributed by atoms with Gasteiger partial charge in [0.1, 0.15) is 17.7 Å². The van der Waals surface area contributed by atoms with Crippen molar-refractivity contribution in [1.82, 2.24) is 20.1 Å². The summed E-state index contributed by atoms with van der Waals surface area (Å²) in [6.45, 7) is 0.228. The van der Waals surface area contributed by atoms with Crippen LogP contribution in [0.5, 0.6) is 0 Å². The lowest BCUT2D eigenvalue weighted by atomic mass is 9.94. The highest BCUT2D eigenvalue weighted by molar-refractivity contribution is 7.52. The van der Waals surface area contributed by atoms with E-state index in [1.165, 1.54) is 29.3 Å². The Labute approximate surface area is 265 Å². The molecule has 0 bridgehead atoms. The number of pyridine rings is 1. The average molecular weight is 679 g/mol. The van der Waals surface area contributed by atoms with E-state index in [4.69, 9.17) is 9.79 Å². The van der Waals surface area contributed by atoms with Crippen LogP contribution >= 0.6 is 18.9 Å². The summed E-state index contributed by atoms with van der Waals surface area (Å²) in [5, 5.41) is 14.2. The summed E-state index contributed by atoms with van der Waals surface area (Å²) in [5.74, 6) is -1.29. The molecule has 3 fully saturated rings. The highest BCUT2D eigenvalue weighted by Gasteiger charge is 2.51. The Bertz CT molecular complexity index is 1810. The second kappa shape index (κ2) is 11.9. The fraction of sp³-hybridized carbons (Fsp3) is 0.467. The molecule has 0 aliphatic carbocycles. The summed E-state index contributed by atoms with van der Waals surface area (Å²) in [6.07, 6.45) is 5.24. The summed E-state index contributed by atoms with van der Waals surface area (Å²) in [4.78, 5) is 76.9. The summed E-state index contributed by atoms with van der Waals surface area (Å²) in [6, 6.07) is 5.45. The van der Waals surface area contributed by atoms with Crippen LogP contribution in [0.25, 0.3) is 10.1 Å². The maximum Gasteiger partial charge on any atom is 0.399 e. The fourth-order valence-electron chi connectivity index (χ4n) is 6.81. The number of alkyl halides is 2. The van der Waals surface area contributed by atoms with Crippen LogP contribution in [-0.4, -0.2) is 78.6 Å². The van der Waals surface area contributed by atoms with Gasteiger partial charge in [-0.05, 0) is 67.3 Å². The molecule has 3 aliphatic rings. The van der Waals surface area contributed by atoms with E-state index in [0.717, 1.165) is 29.9 Å². The molecular formula is C30H33F2N4O8PS. The number of hydrogen-bond acceptors (Lipinski definition) is 7. The van der Waals surface area contributed by atoms with Crippen molar-refractivity contribution in [3.8, 4) is 0 Å². The van der Waals surface area contributed by atoms with Crippen molar-refractivity contribution in [3.63, 3.8) is 0 Å². The zero-order valence-corrected chi connectivity index (χ0v) is 26.2. The van der Waals surface area contributed by atoms with Gasteiger partial charge in [0.15, 0.2) is 0 Å². The summed E-state index contributed by atoms with van der Waals surface area (Å²) in [5.41, 5.74) is -6.62. The van der Waals surface area contributed by atoms with Gasteiger partial charge in [0.2, 0.25) is 17.4 Å². The van der Waals surface area contributed by atoms with Crippen LogP contribution in [0.15, 0.2) is 47.4 Å². The number of carbonyl (C=O) groups excluding carboxylic acids is 3. The second-order valence-electron chi connectivity index (χ2n) is 12.2. The number of aromatic amines is 1. The Hall–Kier alpha value is -3.49. The van der Waals surface area contributed by atoms with Gasteiger partial charge in [0.05, 0.1) is 11.4 Å². The van der Waals surface area contributed by atoms with Crippen molar-refractivity contribution in [2.45, 2.75) is 74.3 Å². The first-order chi connectivity index (χ1) is 21.7. The van der Waals surface area contributed by atoms with Gasteiger partial charge in [-0.2, -0.15) is 8.78 Å². The van der Waals surface area contributed by atoms with Gasteiger partial charge in [-0.3, -0.25) is 23.7 Å². The molecule has 5 N–H and O–H groups in total. The van der Waals surface area contributed by atoms with E-state index in [2.05, 4.69) is 10.3 Å². The van der Waals surface area contributed by atoms with Gasteiger partial charge in [-0.15, -0.1) is 11.3 Å². The quantitative estimate of drug-likeness (QED) is 0.247. The number of benzene rings is 1.